The number of esters is 1. The predicted octanol–water partition coefficient (Wildman–Crippen LogP) is 3.97. The fourth-order valence-electron chi connectivity index (χ4n) is 2.18. The highest BCUT2D eigenvalue weighted by Crippen LogP contribution is 2.35. The molecule has 1 aromatic carbocycles. The molecule has 1 aromatic heterocycles. The molecule has 0 aliphatic carbocycles. The molecule has 1 amide bonds. The number of nitrogens with one attached hydrogen (secondary N) is 2. The van der Waals surface area contributed by atoms with Crippen LogP contribution in [0, 0.1) is 6.92 Å². The number of anilines is 1. The molecular formula is C17H14Cl2F3N3O3. The summed E-state index contributed by atoms with van der Waals surface area (Å²) >= 11 is 11.5. The predicted molar refractivity (Wildman–Crippen MR) is 97.3 cm³/mol. The molecule has 1 unspecified atom stereocenters. The van der Waals surface area contributed by atoms with Gasteiger partial charge in [-0.1, -0.05) is 40.9 Å². The molecular weight excluding hydrogens is 422 g/mol. The highest BCUT2D eigenvalue weighted by molar-refractivity contribution is 6.36. The van der Waals surface area contributed by atoms with Gasteiger partial charge in [0.15, 0.2) is 0 Å². The van der Waals surface area contributed by atoms with Crippen LogP contribution in [-0.4, -0.2) is 35.8 Å². The van der Waals surface area contributed by atoms with E-state index in [4.69, 9.17) is 23.2 Å². The maximum Gasteiger partial charge on any atom is 0.441 e. The molecule has 0 saturated heterocycles. The van der Waals surface area contributed by atoms with Crippen LogP contribution in [0.2, 0.25) is 10.0 Å². The SMILES string of the molecule is COC(=O)C(NC(=O)c1ccc(C)cc1)(Nc1ncc(Cl)cc1Cl)C(F)(F)F. The second kappa shape index (κ2) is 8.24. The van der Waals surface area contributed by atoms with Crippen LogP contribution in [0.3, 0.4) is 0 Å². The third kappa shape index (κ3) is 4.48. The average Bonchev–Trinajstić information content (AvgIpc) is 2.62. The van der Waals surface area contributed by atoms with Crippen LogP contribution in [0.25, 0.3) is 0 Å². The number of rotatable bonds is 5. The minimum absolute atomic E-state index is 0.0647. The fourth-order valence-corrected chi connectivity index (χ4v) is 2.60. The summed E-state index contributed by atoms with van der Waals surface area (Å²) < 4.78 is 46.2. The first kappa shape index (κ1) is 21.8. The number of aromatic nitrogens is 1. The van der Waals surface area contributed by atoms with E-state index in [1.165, 1.54) is 24.3 Å². The lowest BCUT2D eigenvalue weighted by atomic mass is 10.1. The molecule has 0 saturated carbocycles. The van der Waals surface area contributed by atoms with Crippen molar-refractivity contribution in [1.82, 2.24) is 10.3 Å². The van der Waals surface area contributed by atoms with Crippen LogP contribution in [0.15, 0.2) is 36.5 Å². The third-order valence-electron chi connectivity index (χ3n) is 3.65. The summed E-state index contributed by atoms with van der Waals surface area (Å²) in [6.45, 7) is 1.74. The van der Waals surface area contributed by atoms with Gasteiger partial charge >= 0.3 is 17.8 Å². The van der Waals surface area contributed by atoms with Gasteiger partial charge in [0.25, 0.3) is 5.91 Å². The van der Waals surface area contributed by atoms with Crippen LogP contribution in [-0.2, 0) is 9.53 Å². The summed E-state index contributed by atoms with van der Waals surface area (Å²) in [6, 6.07) is 6.83. The molecule has 2 N–H and O–H groups in total. The minimum Gasteiger partial charge on any atom is -0.466 e. The molecule has 0 bridgehead atoms. The summed E-state index contributed by atoms with van der Waals surface area (Å²) in [4.78, 5) is 28.3. The molecule has 1 atom stereocenters. The zero-order valence-corrected chi connectivity index (χ0v) is 16.0. The Balaban J connectivity index is 2.52. The molecule has 6 nitrogen and oxygen atoms in total. The maximum absolute atomic E-state index is 14.0. The van der Waals surface area contributed by atoms with Gasteiger partial charge in [0.05, 0.1) is 17.2 Å². The van der Waals surface area contributed by atoms with Crippen LogP contribution in [0.1, 0.15) is 15.9 Å². The Morgan fingerprint density at radius 2 is 1.75 bits per heavy atom. The van der Waals surface area contributed by atoms with E-state index in [1.807, 2.05) is 5.32 Å². The van der Waals surface area contributed by atoms with Crippen LogP contribution < -0.4 is 10.6 Å². The largest absolute Gasteiger partial charge is 0.466 e. The lowest BCUT2D eigenvalue weighted by molar-refractivity contribution is -0.203. The van der Waals surface area contributed by atoms with Crippen molar-refractivity contribution in [2.24, 2.45) is 0 Å². The van der Waals surface area contributed by atoms with Crippen molar-refractivity contribution in [3.63, 3.8) is 0 Å². The fraction of sp³-hybridized carbons (Fsp3) is 0.235. The molecule has 1 heterocycles. The highest BCUT2D eigenvalue weighted by Gasteiger charge is 2.64. The highest BCUT2D eigenvalue weighted by atomic mass is 35.5. The van der Waals surface area contributed by atoms with Gasteiger partial charge in [0.2, 0.25) is 0 Å². The number of halogens is 5. The zero-order chi connectivity index (χ0) is 21.1. The molecule has 0 spiro atoms. The number of hydrogen-bond donors (Lipinski definition) is 2. The molecule has 0 fully saturated rings. The minimum atomic E-state index is -5.31. The maximum atomic E-state index is 14.0. The summed E-state index contributed by atoms with van der Waals surface area (Å²) in [5.74, 6) is -3.51. The topological polar surface area (TPSA) is 80.3 Å². The molecule has 150 valence electrons. The van der Waals surface area contributed by atoms with Crippen molar-refractivity contribution >= 4 is 40.9 Å². The summed E-state index contributed by atoms with van der Waals surface area (Å²) in [5.41, 5.74) is -2.95. The van der Waals surface area contributed by atoms with Crippen LogP contribution >= 0.6 is 23.2 Å². The quantitative estimate of drug-likeness (QED) is 0.548. The van der Waals surface area contributed by atoms with E-state index in [9.17, 15) is 22.8 Å². The van der Waals surface area contributed by atoms with Gasteiger partial charge in [-0.25, -0.2) is 9.78 Å². The van der Waals surface area contributed by atoms with Crippen molar-refractivity contribution in [2.45, 2.75) is 18.8 Å². The standard InChI is InChI=1S/C17H14Cl2F3N3O3/c1-9-3-5-10(6-4-9)14(26)25-16(15(27)28-2,17(20,21)22)24-13-12(19)7-11(18)8-23-13/h3-8H,1-2H3,(H,23,24)(H,25,26). The number of benzene rings is 1. The molecule has 0 aliphatic heterocycles. The lowest BCUT2D eigenvalue weighted by Gasteiger charge is -2.34. The first-order valence-electron chi connectivity index (χ1n) is 7.63. The summed E-state index contributed by atoms with van der Waals surface area (Å²) in [6.07, 6.45) is -4.29. The van der Waals surface area contributed by atoms with E-state index in [0.29, 0.717) is 0 Å². The number of hydrogen-bond acceptors (Lipinski definition) is 5. The Labute approximate surface area is 168 Å². The van der Waals surface area contributed by atoms with Gasteiger partial charge in [-0.3, -0.25) is 4.79 Å². The van der Waals surface area contributed by atoms with Gasteiger partial charge in [-0.2, -0.15) is 13.2 Å². The molecule has 2 aromatic rings. The first-order chi connectivity index (χ1) is 13.0. The van der Waals surface area contributed by atoms with Crippen molar-refractivity contribution in [1.29, 1.82) is 0 Å². The number of aryl methyl sites for hydroxylation is 1. The van der Waals surface area contributed by atoms with E-state index in [-0.39, 0.29) is 15.6 Å². The number of nitrogens with zero attached hydrogens (tertiary/aromatic N) is 1. The van der Waals surface area contributed by atoms with Crippen molar-refractivity contribution in [3.05, 3.63) is 57.7 Å². The third-order valence-corrected chi connectivity index (χ3v) is 4.14. The number of pyridine rings is 1. The van der Waals surface area contributed by atoms with Gasteiger partial charge in [0, 0.05) is 11.8 Å². The van der Waals surface area contributed by atoms with Gasteiger partial charge < -0.3 is 15.4 Å². The summed E-state index contributed by atoms with van der Waals surface area (Å²) in [7, 11) is 0.749. The molecule has 11 heteroatoms. The molecule has 0 radical (unpaired) electrons. The Kier molecular flexibility index (Phi) is 6.41. The second-order valence-corrected chi connectivity index (χ2v) is 6.51. The molecule has 28 heavy (non-hydrogen) atoms. The number of carbonyl (C=O) groups excluding carboxylic acids is 2. The summed E-state index contributed by atoms with van der Waals surface area (Å²) in [5, 5.41) is 3.29. The lowest BCUT2D eigenvalue weighted by Crippen LogP contribution is -2.69. The Morgan fingerprint density at radius 1 is 1.14 bits per heavy atom. The van der Waals surface area contributed by atoms with E-state index in [0.717, 1.165) is 24.9 Å². The van der Waals surface area contributed by atoms with E-state index >= 15 is 0 Å². The monoisotopic (exact) mass is 435 g/mol. The molecule has 2 rings (SSSR count). The van der Waals surface area contributed by atoms with Crippen molar-refractivity contribution < 1.29 is 27.5 Å². The smallest absolute Gasteiger partial charge is 0.441 e. The number of carbonyl (C=O) groups is 2. The van der Waals surface area contributed by atoms with Gasteiger partial charge in [-0.15, -0.1) is 0 Å². The van der Waals surface area contributed by atoms with Gasteiger partial charge in [0.1, 0.15) is 5.82 Å². The Morgan fingerprint density at radius 3 is 2.25 bits per heavy atom. The normalized spacial score (nSPS) is 13.4. The Bertz CT molecular complexity index is 891. The average molecular weight is 436 g/mol. The number of amides is 1. The number of methoxy groups -OCH3 is 1. The van der Waals surface area contributed by atoms with E-state index in [1.54, 1.807) is 12.2 Å². The number of alkyl halides is 3. The second-order valence-electron chi connectivity index (χ2n) is 5.67. The van der Waals surface area contributed by atoms with E-state index in [2.05, 4.69) is 9.72 Å². The van der Waals surface area contributed by atoms with E-state index < -0.39 is 29.5 Å². The zero-order valence-electron chi connectivity index (χ0n) is 14.5. The van der Waals surface area contributed by atoms with Crippen LogP contribution in [0.4, 0.5) is 19.0 Å². The number of ether oxygens (including phenoxy) is 1. The van der Waals surface area contributed by atoms with Crippen molar-refractivity contribution in [3.8, 4) is 0 Å². The van der Waals surface area contributed by atoms with Crippen molar-refractivity contribution in [2.75, 3.05) is 12.4 Å². The Hall–Kier alpha value is -2.52. The van der Waals surface area contributed by atoms with Gasteiger partial charge in [-0.05, 0) is 25.1 Å². The van der Waals surface area contributed by atoms with Crippen LogP contribution in [0.5, 0.6) is 0 Å². The first-order valence-corrected chi connectivity index (χ1v) is 8.39. The molecule has 0 aliphatic rings.